The Bertz CT molecular complexity index is 982. The summed E-state index contributed by atoms with van der Waals surface area (Å²) in [7, 11) is 0. The lowest BCUT2D eigenvalue weighted by atomic mass is 9.45. The molecule has 6 atom stereocenters. The number of hydrogen-bond acceptors (Lipinski definition) is 4. The van der Waals surface area contributed by atoms with Crippen molar-refractivity contribution in [3.63, 3.8) is 0 Å². The van der Waals surface area contributed by atoms with E-state index in [4.69, 9.17) is 9.15 Å². The van der Waals surface area contributed by atoms with Crippen molar-refractivity contribution >= 4 is 0 Å². The largest absolute Gasteiger partial charge is 0.507 e. The van der Waals surface area contributed by atoms with Crippen molar-refractivity contribution in [2.24, 2.45) is 22.7 Å². The van der Waals surface area contributed by atoms with Crippen molar-refractivity contribution in [1.82, 2.24) is 0 Å². The molecule has 4 rings (SSSR count). The average Bonchev–Trinajstić information content (AvgIpc) is 2.99. The third-order valence-corrected chi connectivity index (χ3v) is 8.88. The fourth-order valence-corrected chi connectivity index (χ4v) is 7.16. The molecule has 3 fully saturated rings. The highest BCUT2D eigenvalue weighted by Gasteiger charge is 2.61. The van der Waals surface area contributed by atoms with E-state index in [1.54, 1.807) is 6.92 Å². The Balaban J connectivity index is 1.70. The third-order valence-electron chi connectivity index (χ3n) is 8.88. The number of fused-ring (bicyclic) bond motifs is 3. The minimum absolute atomic E-state index is 0.0292. The Morgan fingerprint density at radius 3 is 2.61 bits per heavy atom. The summed E-state index contributed by atoms with van der Waals surface area (Å²) < 4.78 is 12.0. The quantitative estimate of drug-likeness (QED) is 0.601. The highest BCUT2D eigenvalue weighted by atomic mass is 16.5. The van der Waals surface area contributed by atoms with Gasteiger partial charge in [0.2, 0.25) is 0 Å². The van der Waals surface area contributed by atoms with Crippen LogP contribution in [0, 0.1) is 36.5 Å². The highest BCUT2D eigenvalue weighted by molar-refractivity contribution is 5.40. The Morgan fingerprint density at radius 2 is 1.94 bits per heavy atom. The van der Waals surface area contributed by atoms with Crippen molar-refractivity contribution in [3.8, 4) is 5.75 Å². The maximum atomic E-state index is 12.7. The summed E-state index contributed by atoms with van der Waals surface area (Å²) in [6, 6.07) is 0. The molecule has 2 heterocycles. The summed E-state index contributed by atoms with van der Waals surface area (Å²) in [5.41, 5.74) is 3.32. The minimum Gasteiger partial charge on any atom is -0.507 e. The van der Waals surface area contributed by atoms with Gasteiger partial charge in [0.25, 0.3) is 0 Å². The number of rotatable bonds is 3. The first kappa shape index (κ1) is 22.4. The van der Waals surface area contributed by atoms with Gasteiger partial charge in [0.1, 0.15) is 11.5 Å². The second kappa shape index (κ2) is 7.65. The van der Waals surface area contributed by atoms with E-state index in [0.29, 0.717) is 35.3 Å². The van der Waals surface area contributed by atoms with E-state index >= 15 is 0 Å². The molecule has 0 amide bonds. The maximum absolute atomic E-state index is 12.7. The number of hydrogen-bond donors (Lipinski definition) is 1. The lowest BCUT2D eigenvalue weighted by Gasteiger charge is -2.59. The molecule has 4 heteroatoms. The molecule has 1 saturated heterocycles. The average molecular weight is 427 g/mol. The van der Waals surface area contributed by atoms with Crippen LogP contribution in [0.5, 0.6) is 5.75 Å². The standard InChI is InChI=1S/C27H38O4/c1-15(2)12-19-14-27(7)22-9-8-16(3)21(26(22,6)11-10-23(27)31-19)13-20-24(28)17(4)18(5)30-25(20)29/h12,19,21-23,28H,3,8-11,13-14H2,1-2,4-7H3/t19-,21-,22-,23+,26-,27+/m0/s1. The van der Waals surface area contributed by atoms with Crippen molar-refractivity contribution in [3.05, 3.63) is 51.1 Å². The summed E-state index contributed by atoms with van der Waals surface area (Å²) >= 11 is 0. The Labute approximate surface area is 186 Å². The first-order chi connectivity index (χ1) is 14.5. The highest BCUT2D eigenvalue weighted by Crippen LogP contribution is 2.65. The zero-order valence-electron chi connectivity index (χ0n) is 20.0. The Morgan fingerprint density at radius 1 is 1.23 bits per heavy atom. The molecule has 31 heavy (non-hydrogen) atoms. The molecule has 1 aromatic heterocycles. The SMILES string of the molecule is C=C1CC[C@@H]2[C@@]3(C)C[C@H](C=C(C)C)O[C@@H]3CC[C@@]2(C)[C@H]1Cc1c(O)c(C)c(C)oc1=O. The first-order valence-corrected chi connectivity index (χ1v) is 11.8. The molecule has 1 N–H and O–H groups in total. The van der Waals surface area contributed by atoms with Crippen LogP contribution in [0.15, 0.2) is 33.0 Å². The van der Waals surface area contributed by atoms with Gasteiger partial charge in [0.15, 0.2) is 0 Å². The lowest BCUT2D eigenvalue weighted by Crippen LogP contribution is -2.54. The van der Waals surface area contributed by atoms with E-state index in [9.17, 15) is 9.90 Å². The molecule has 2 aliphatic carbocycles. The van der Waals surface area contributed by atoms with Crippen LogP contribution >= 0.6 is 0 Å². The topological polar surface area (TPSA) is 59.7 Å². The van der Waals surface area contributed by atoms with Gasteiger partial charge in [-0.3, -0.25) is 0 Å². The fourth-order valence-electron chi connectivity index (χ4n) is 7.16. The van der Waals surface area contributed by atoms with Crippen LogP contribution in [0.1, 0.15) is 76.7 Å². The van der Waals surface area contributed by atoms with Gasteiger partial charge in [-0.1, -0.05) is 37.6 Å². The summed E-state index contributed by atoms with van der Waals surface area (Å²) in [4.78, 5) is 12.7. The summed E-state index contributed by atoms with van der Waals surface area (Å²) in [5, 5.41) is 10.8. The van der Waals surface area contributed by atoms with Gasteiger partial charge >= 0.3 is 5.63 Å². The Kier molecular flexibility index (Phi) is 5.53. The molecule has 1 aromatic rings. The number of aromatic hydroxyl groups is 1. The molecule has 4 nitrogen and oxygen atoms in total. The van der Waals surface area contributed by atoms with Gasteiger partial charge < -0.3 is 14.3 Å². The van der Waals surface area contributed by atoms with Crippen LogP contribution in [0.2, 0.25) is 0 Å². The second-order valence-electron chi connectivity index (χ2n) is 11.1. The van der Waals surface area contributed by atoms with E-state index in [2.05, 4.69) is 40.3 Å². The van der Waals surface area contributed by atoms with E-state index in [-0.39, 0.29) is 28.6 Å². The molecule has 0 spiro atoms. The van der Waals surface area contributed by atoms with E-state index in [1.807, 2.05) is 6.92 Å². The minimum atomic E-state index is -0.410. The van der Waals surface area contributed by atoms with Gasteiger partial charge in [-0.15, -0.1) is 0 Å². The molecule has 0 radical (unpaired) electrons. The molecular weight excluding hydrogens is 388 g/mol. The third kappa shape index (κ3) is 3.51. The number of ether oxygens (including phenoxy) is 1. The fraction of sp³-hybridized carbons (Fsp3) is 0.667. The van der Waals surface area contributed by atoms with Crippen molar-refractivity contribution in [2.45, 2.75) is 92.3 Å². The van der Waals surface area contributed by atoms with Crippen molar-refractivity contribution in [1.29, 1.82) is 0 Å². The van der Waals surface area contributed by atoms with Gasteiger partial charge in [0.05, 0.1) is 17.8 Å². The molecule has 0 aromatic carbocycles. The Hall–Kier alpha value is -1.81. The van der Waals surface area contributed by atoms with Crippen LogP contribution in [-0.2, 0) is 11.2 Å². The second-order valence-corrected chi connectivity index (χ2v) is 11.1. The molecule has 2 saturated carbocycles. The number of allylic oxidation sites excluding steroid dienone is 2. The van der Waals surface area contributed by atoms with E-state index in [1.165, 1.54) is 11.1 Å². The molecule has 0 bridgehead atoms. The van der Waals surface area contributed by atoms with Gasteiger partial charge in [-0.05, 0) is 88.9 Å². The van der Waals surface area contributed by atoms with Gasteiger partial charge in [0, 0.05) is 5.56 Å². The summed E-state index contributed by atoms with van der Waals surface area (Å²) in [5.74, 6) is 1.24. The van der Waals surface area contributed by atoms with E-state index < -0.39 is 5.63 Å². The molecule has 0 unspecified atom stereocenters. The zero-order valence-corrected chi connectivity index (χ0v) is 20.0. The summed E-state index contributed by atoms with van der Waals surface area (Å²) in [6.45, 7) is 17.1. The first-order valence-electron chi connectivity index (χ1n) is 11.8. The van der Waals surface area contributed by atoms with Crippen molar-refractivity contribution < 1.29 is 14.3 Å². The van der Waals surface area contributed by atoms with Crippen LogP contribution in [0.3, 0.4) is 0 Å². The molecule has 1 aliphatic heterocycles. The van der Waals surface area contributed by atoms with Crippen LogP contribution in [0.4, 0.5) is 0 Å². The van der Waals surface area contributed by atoms with Crippen LogP contribution in [0.25, 0.3) is 0 Å². The monoisotopic (exact) mass is 426 g/mol. The molecular formula is C27H38O4. The van der Waals surface area contributed by atoms with Gasteiger partial charge in [-0.2, -0.15) is 0 Å². The van der Waals surface area contributed by atoms with Gasteiger partial charge in [-0.25, -0.2) is 4.79 Å². The lowest BCUT2D eigenvalue weighted by molar-refractivity contribution is -0.110. The maximum Gasteiger partial charge on any atom is 0.342 e. The van der Waals surface area contributed by atoms with Crippen LogP contribution < -0.4 is 5.63 Å². The smallest absolute Gasteiger partial charge is 0.342 e. The predicted octanol–water partition coefficient (Wildman–Crippen LogP) is 6.02. The zero-order chi connectivity index (χ0) is 22.7. The van der Waals surface area contributed by atoms with Crippen molar-refractivity contribution in [2.75, 3.05) is 0 Å². The normalized spacial score (nSPS) is 37.3. The van der Waals surface area contributed by atoms with Crippen LogP contribution in [-0.4, -0.2) is 17.3 Å². The molecule has 3 aliphatic rings. The predicted molar refractivity (Wildman–Crippen MR) is 123 cm³/mol. The molecule has 170 valence electrons. The number of aryl methyl sites for hydroxylation is 1. The summed E-state index contributed by atoms with van der Waals surface area (Å²) in [6.07, 6.45) is 8.50. The van der Waals surface area contributed by atoms with E-state index in [0.717, 1.165) is 32.1 Å².